The molecule has 26 heavy (non-hydrogen) atoms. The maximum atomic E-state index is 12.4. The number of nitrogens with one attached hydrogen (secondary N) is 1. The van der Waals surface area contributed by atoms with Gasteiger partial charge < -0.3 is 10.4 Å². The Morgan fingerprint density at radius 1 is 1.38 bits per heavy atom. The van der Waals surface area contributed by atoms with Crippen LogP contribution in [0.3, 0.4) is 0 Å². The first-order valence-electron chi connectivity index (χ1n) is 8.68. The van der Waals surface area contributed by atoms with Crippen LogP contribution in [-0.4, -0.2) is 43.0 Å². The number of carbonyl (C=O) groups excluding carboxylic acids is 1. The summed E-state index contributed by atoms with van der Waals surface area (Å²) in [6.07, 6.45) is 5.46. The van der Waals surface area contributed by atoms with Crippen molar-refractivity contribution in [1.82, 2.24) is 25.3 Å². The Labute approximate surface area is 151 Å². The Bertz CT molecular complexity index is 808. The second-order valence-corrected chi connectivity index (χ2v) is 7.43. The fraction of sp³-hybridized carbons (Fsp3) is 0.500. The fourth-order valence-corrected chi connectivity index (χ4v) is 2.92. The molecule has 0 aliphatic heterocycles. The van der Waals surface area contributed by atoms with Crippen molar-refractivity contribution in [3.8, 4) is 11.3 Å². The van der Waals surface area contributed by atoms with Crippen molar-refractivity contribution in [1.29, 1.82) is 0 Å². The Morgan fingerprint density at radius 2 is 2.12 bits per heavy atom. The monoisotopic (exact) mass is 357 g/mol. The first kappa shape index (κ1) is 18.0. The van der Waals surface area contributed by atoms with E-state index in [1.165, 1.54) is 12.3 Å². The number of hydrogen-bond acceptors (Lipinski definition) is 5. The van der Waals surface area contributed by atoms with Crippen LogP contribution in [0.1, 0.15) is 44.1 Å². The molecule has 2 heterocycles. The number of aromatic nitrogens is 4. The van der Waals surface area contributed by atoms with Crippen LogP contribution in [0.4, 0.5) is 0 Å². The molecule has 8 heteroatoms. The van der Waals surface area contributed by atoms with Gasteiger partial charge in [-0.05, 0) is 37.8 Å². The van der Waals surface area contributed by atoms with Crippen LogP contribution < -0.4 is 5.32 Å². The summed E-state index contributed by atoms with van der Waals surface area (Å²) in [5.74, 6) is -0.519. The predicted molar refractivity (Wildman–Crippen MR) is 94.3 cm³/mol. The van der Waals surface area contributed by atoms with Crippen LogP contribution in [0, 0.1) is 11.3 Å². The van der Waals surface area contributed by atoms with Gasteiger partial charge in [0.25, 0.3) is 0 Å². The highest BCUT2D eigenvalue weighted by Gasteiger charge is 2.43. The predicted octanol–water partition coefficient (Wildman–Crippen LogP) is 1.98. The lowest BCUT2D eigenvalue weighted by molar-refractivity contribution is -0.131. The maximum Gasteiger partial charge on any atom is 0.354 e. The Hall–Kier alpha value is -2.77. The number of carboxylic acids is 1. The van der Waals surface area contributed by atoms with Gasteiger partial charge in [0.05, 0.1) is 12.7 Å². The molecule has 0 spiro atoms. The Balaban J connectivity index is 1.60. The first-order valence-corrected chi connectivity index (χ1v) is 8.68. The third kappa shape index (κ3) is 3.89. The molecule has 0 radical (unpaired) electrons. The molecule has 1 amide bonds. The lowest BCUT2D eigenvalue weighted by atomic mass is 9.86. The largest absolute Gasteiger partial charge is 0.477 e. The molecule has 1 aliphatic carbocycles. The molecule has 1 saturated carbocycles. The molecule has 0 bridgehead atoms. The van der Waals surface area contributed by atoms with E-state index in [-0.39, 0.29) is 23.1 Å². The molecule has 3 rings (SSSR count). The Morgan fingerprint density at radius 3 is 2.69 bits per heavy atom. The minimum absolute atomic E-state index is 0.0178. The van der Waals surface area contributed by atoms with Crippen molar-refractivity contribution in [3.63, 3.8) is 0 Å². The van der Waals surface area contributed by atoms with Gasteiger partial charge in [-0.15, -0.1) is 5.10 Å². The standard InChI is InChI=1S/C18H23N5O3/c1-11(20-17(26)18(2,3)13-5-6-13)9-23-10-15(21-22-23)12-4-7-14(16(24)25)19-8-12/h4,7-8,10-11,13H,5-6,9H2,1-3H3,(H,20,26)(H,24,25)/t11-/m1/s1. The number of aromatic carboxylic acids is 1. The van der Waals surface area contributed by atoms with E-state index in [1.807, 2.05) is 20.8 Å². The quantitative estimate of drug-likeness (QED) is 0.784. The summed E-state index contributed by atoms with van der Waals surface area (Å²) >= 11 is 0. The van der Waals surface area contributed by atoms with E-state index >= 15 is 0 Å². The molecule has 8 nitrogen and oxygen atoms in total. The van der Waals surface area contributed by atoms with Crippen molar-refractivity contribution in [2.45, 2.75) is 46.2 Å². The third-order valence-corrected chi connectivity index (χ3v) is 4.84. The molecule has 0 aromatic carbocycles. The molecule has 1 aliphatic rings. The molecule has 0 unspecified atom stereocenters. The van der Waals surface area contributed by atoms with Gasteiger partial charge in [0.15, 0.2) is 0 Å². The smallest absolute Gasteiger partial charge is 0.354 e. The van der Waals surface area contributed by atoms with E-state index < -0.39 is 5.97 Å². The van der Waals surface area contributed by atoms with E-state index in [0.717, 1.165) is 12.8 Å². The van der Waals surface area contributed by atoms with Crippen LogP contribution in [0.2, 0.25) is 0 Å². The number of rotatable bonds is 7. The van der Waals surface area contributed by atoms with Gasteiger partial charge >= 0.3 is 5.97 Å². The average molecular weight is 357 g/mol. The number of carbonyl (C=O) groups is 2. The molecule has 2 N–H and O–H groups in total. The van der Waals surface area contributed by atoms with Gasteiger partial charge in [0.1, 0.15) is 11.4 Å². The van der Waals surface area contributed by atoms with Crippen LogP contribution >= 0.6 is 0 Å². The summed E-state index contributed by atoms with van der Waals surface area (Å²) in [6, 6.07) is 3.00. The minimum atomic E-state index is -1.07. The lowest BCUT2D eigenvalue weighted by Crippen LogP contribution is -2.44. The van der Waals surface area contributed by atoms with Crippen molar-refractivity contribution in [3.05, 3.63) is 30.2 Å². The summed E-state index contributed by atoms with van der Waals surface area (Å²) in [5, 5.41) is 20.1. The van der Waals surface area contributed by atoms with E-state index in [9.17, 15) is 9.59 Å². The normalized spacial score (nSPS) is 15.5. The second kappa shape index (κ2) is 6.86. The zero-order valence-corrected chi connectivity index (χ0v) is 15.1. The highest BCUT2D eigenvalue weighted by atomic mass is 16.4. The van der Waals surface area contributed by atoms with E-state index in [0.29, 0.717) is 23.7 Å². The second-order valence-electron chi connectivity index (χ2n) is 7.43. The molecule has 138 valence electrons. The third-order valence-electron chi connectivity index (χ3n) is 4.84. The lowest BCUT2D eigenvalue weighted by Gasteiger charge is -2.25. The van der Waals surface area contributed by atoms with Crippen LogP contribution in [0.5, 0.6) is 0 Å². The van der Waals surface area contributed by atoms with Gasteiger partial charge in [-0.3, -0.25) is 4.79 Å². The van der Waals surface area contributed by atoms with Crippen molar-refractivity contribution >= 4 is 11.9 Å². The summed E-state index contributed by atoms with van der Waals surface area (Å²) in [4.78, 5) is 27.2. The highest BCUT2D eigenvalue weighted by molar-refractivity contribution is 5.85. The summed E-state index contributed by atoms with van der Waals surface area (Å²) in [6.45, 7) is 6.42. The van der Waals surface area contributed by atoms with Crippen LogP contribution in [-0.2, 0) is 11.3 Å². The van der Waals surface area contributed by atoms with E-state index in [2.05, 4.69) is 20.6 Å². The van der Waals surface area contributed by atoms with Crippen molar-refractivity contribution in [2.75, 3.05) is 0 Å². The number of pyridine rings is 1. The number of amides is 1. The average Bonchev–Trinajstić information content (AvgIpc) is 3.36. The highest BCUT2D eigenvalue weighted by Crippen LogP contribution is 2.45. The molecule has 1 fully saturated rings. The number of carboxylic acid groups (broad SMARTS) is 1. The van der Waals surface area contributed by atoms with Crippen molar-refractivity contribution in [2.24, 2.45) is 11.3 Å². The molecule has 2 aromatic heterocycles. The van der Waals surface area contributed by atoms with Gasteiger partial charge in [-0.2, -0.15) is 0 Å². The van der Waals surface area contributed by atoms with Crippen LogP contribution in [0.25, 0.3) is 11.3 Å². The zero-order chi connectivity index (χ0) is 18.9. The summed E-state index contributed by atoms with van der Waals surface area (Å²) in [7, 11) is 0. The minimum Gasteiger partial charge on any atom is -0.477 e. The van der Waals surface area contributed by atoms with Crippen LogP contribution in [0.15, 0.2) is 24.5 Å². The summed E-state index contributed by atoms with van der Waals surface area (Å²) < 4.78 is 1.66. The van der Waals surface area contributed by atoms with Gasteiger partial charge in [-0.1, -0.05) is 19.1 Å². The SMILES string of the molecule is C[C@H](Cn1cc(-c2ccc(C(=O)O)nc2)nn1)NC(=O)C(C)(C)C1CC1. The summed E-state index contributed by atoms with van der Waals surface area (Å²) in [5.41, 5.74) is 0.939. The molecule has 2 aromatic rings. The Kier molecular flexibility index (Phi) is 4.76. The fourth-order valence-electron chi connectivity index (χ4n) is 2.92. The van der Waals surface area contributed by atoms with E-state index in [4.69, 9.17) is 5.11 Å². The zero-order valence-electron chi connectivity index (χ0n) is 15.1. The van der Waals surface area contributed by atoms with Crippen molar-refractivity contribution < 1.29 is 14.7 Å². The molecule has 1 atom stereocenters. The number of nitrogens with zero attached hydrogens (tertiary/aromatic N) is 4. The molecular weight excluding hydrogens is 334 g/mol. The maximum absolute atomic E-state index is 12.4. The topological polar surface area (TPSA) is 110 Å². The van der Waals surface area contributed by atoms with Gasteiger partial charge in [0, 0.05) is 23.2 Å². The number of hydrogen-bond donors (Lipinski definition) is 2. The van der Waals surface area contributed by atoms with Gasteiger partial charge in [0.2, 0.25) is 5.91 Å². The van der Waals surface area contributed by atoms with E-state index in [1.54, 1.807) is 16.9 Å². The first-order chi connectivity index (χ1) is 12.3. The van der Waals surface area contributed by atoms with Gasteiger partial charge in [-0.25, -0.2) is 14.5 Å². The molecular formula is C18H23N5O3. The molecule has 0 saturated heterocycles.